The van der Waals surface area contributed by atoms with Crippen molar-refractivity contribution < 1.29 is 27.5 Å². The Balaban J connectivity index is 2.77. The van der Waals surface area contributed by atoms with Crippen LogP contribution in [0.15, 0.2) is 0 Å². The second-order valence-electron chi connectivity index (χ2n) is 4.72. The van der Waals surface area contributed by atoms with Crippen LogP contribution in [-0.4, -0.2) is 54.7 Å². The van der Waals surface area contributed by atoms with Crippen LogP contribution in [-0.2, 0) is 14.3 Å². The SMILES string of the molecule is CCOCC(=O)N1C[C@@H](NC(C)=O)CC[C@H]1C(F)(F)F. The predicted molar refractivity (Wildman–Crippen MR) is 64.9 cm³/mol. The van der Waals surface area contributed by atoms with Crippen molar-refractivity contribution in [2.45, 2.75) is 44.9 Å². The van der Waals surface area contributed by atoms with E-state index < -0.39 is 24.2 Å². The van der Waals surface area contributed by atoms with E-state index in [4.69, 9.17) is 4.74 Å². The number of nitrogens with zero attached hydrogens (tertiary/aromatic N) is 1. The van der Waals surface area contributed by atoms with Gasteiger partial charge in [-0.3, -0.25) is 9.59 Å². The summed E-state index contributed by atoms with van der Waals surface area (Å²) in [5, 5.41) is 2.55. The average molecular weight is 296 g/mol. The average Bonchev–Trinajstić information content (AvgIpc) is 2.33. The fourth-order valence-electron chi connectivity index (χ4n) is 2.26. The van der Waals surface area contributed by atoms with Gasteiger partial charge >= 0.3 is 6.18 Å². The number of piperidine rings is 1. The number of nitrogens with one attached hydrogen (secondary N) is 1. The van der Waals surface area contributed by atoms with Gasteiger partial charge in [0.15, 0.2) is 0 Å². The zero-order chi connectivity index (χ0) is 15.3. The topological polar surface area (TPSA) is 58.6 Å². The molecule has 5 nitrogen and oxygen atoms in total. The Labute approximate surface area is 115 Å². The first kappa shape index (κ1) is 16.7. The fourth-order valence-corrected chi connectivity index (χ4v) is 2.26. The van der Waals surface area contributed by atoms with Gasteiger partial charge in [-0.2, -0.15) is 13.2 Å². The number of hydrogen-bond acceptors (Lipinski definition) is 3. The van der Waals surface area contributed by atoms with E-state index in [-0.39, 0.29) is 38.5 Å². The molecule has 1 aliphatic rings. The Morgan fingerprint density at radius 2 is 2.00 bits per heavy atom. The highest BCUT2D eigenvalue weighted by molar-refractivity contribution is 5.78. The van der Waals surface area contributed by atoms with Crippen molar-refractivity contribution >= 4 is 11.8 Å². The van der Waals surface area contributed by atoms with Crippen molar-refractivity contribution in [3.8, 4) is 0 Å². The Morgan fingerprint density at radius 3 is 2.50 bits per heavy atom. The highest BCUT2D eigenvalue weighted by atomic mass is 19.4. The molecule has 0 aromatic carbocycles. The maximum absolute atomic E-state index is 12.9. The van der Waals surface area contributed by atoms with E-state index in [2.05, 4.69) is 5.32 Å². The standard InChI is InChI=1S/C12H19F3N2O3/c1-3-20-7-11(19)17-6-9(16-8(2)18)4-5-10(17)12(13,14)15/h9-10H,3-7H2,1-2H3,(H,16,18)/t9-,10-/m0/s1. The van der Waals surface area contributed by atoms with E-state index in [0.717, 1.165) is 4.90 Å². The van der Waals surface area contributed by atoms with E-state index in [1.165, 1.54) is 6.92 Å². The molecule has 0 radical (unpaired) electrons. The minimum absolute atomic E-state index is 0.143. The van der Waals surface area contributed by atoms with Crippen molar-refractivity contribution in [1.29, 1.82) is 0 Å². The lowest BCUT2D eigenvalue weighted by Crippen LogP contribution is -2.58. The first-order chi connectivity index (χ1) is 9.25. The molecule has 0 aromatic rings. The summed E-state index contributed by atoms with van der Waals surface area (Å²) in [7, 11) is 0. The molecule has 2 amide bonds. The molecule has 0 saturated carbocycles. The van der Waals surface area contributed by atoms with Crippen molar-refractivity contribution in [2.24, 2.45) is 0 Å². The van der Waals surface area contributed by atoms with Gasteiger partial charge < -0.3 is 15.0 Å². The van der Waals surface area contributed by atoms with E-state index in [1.807, 2.05) is 0 Å². The van der Waals surface area contributed by atoms with Gasteiger partial charge in [0.1, 0.15) is 12.6 Å². The van der Waals surface area contributed by atoms with Crippen molar-refractivity contribution in [1.82, 2.24) is 10.2 Å². The molecule has 20 heavy (non-hydrogen) atoms. The van der Waals surface area contributed by atoms with E-state index in [0.29, 0.717) is 0 Å². The minimum Gasteiger partial charge on any atom is -0.372 e. The Morgan fingerprint density at radius 1 is 1.35 bits per heavy atom. The maximum Gasteiger partial charge on any atom is 0.408 e. The third-order valence-corrected chi connectivity index (χ3v) is 3.12. The molecule has 0 aromatic heterocycles. The third kappa shape index (κ3) is 4.66. The molecule has 0 unspecified atom stereocenters. The van der Waals surface area contributed by atoms with Gasteiger partial charge in [0.05, 0.1) is 0 Å². The van der Waals surface area contributed by atoms with Gasteiger partial charge in [-0.25, -0.2) is 0 Å². The minimum atomic E-state index is -4.47. The Hall–Kier alpha value is -1.31. The number of halogens is 3. The number of carbonyl (C=O) groups is 2. The molecule has 0 spiro atoms. The molecule has 0 bridgehead atoms. The van der Waals surface area contributed by atoms with Crippen molar-refractivity contribution in [3.63, 3.8) is 0 Å². The summed E-state index contributed by atoms with van der Waals surface area (Å²) in [4.78, 5) is 23.6. The summed E-state index contributed by atoms with van der Waals surface area (Å²) >= 11 is 0. The normalized spacial score (nSPS) is 23.6. The zero-order valence-corrected chi connectivity index (χ0v) is 11.5. The van der Waals surface area contributed by atoms with Crippen LogP contribution in [0.1, 0.15) is 26.7 Å². The van der Waals surface area contributed by atoms with Gasteiger partial charge in [-0.05, 0) is 19.8 Å². The van der Waals surface area contributed by atoms with Crippen molar-refractivity contribution in [3.05, 3.63) is 0 Å². The smallest absolute Gasteiger partial charge is 0.372 e. The van der Waals surface area contributed by atoms with E-state index in [1.54, 1.807) is 6.92 Å². The summed E-state index contributed by atoms with van der Waals surface area (Å²) < 4.78 is 43.7. The maximum atomic E-state index is 12.9. The lowest BCUT2D eigenvalue weighted by molar-refractivity contribution is -0.199. The molecule has 8 heteroatoms. The zero-order valence-electron chi connectivity index (χ0n) is 11.5. The van der Waals surface area contributed by atoms with Gasteiger partial charge in [0, 0.05) is 26.1 Å². The number of likely N-dealkylation sites (tertiary alicyclic amines) is 1. The predicted octanol–water partition coefficient (Wildman–Crippen LogP) is 1.08. The van der Waals surface area contributed by atoms with Gasteiger partial charge in [-0.1, -0.05) is 0 Å². The summed E-state index contributed by atoms with van der Waals surface area (Å²) in [6.07, 6.45) is -4.49. The largest absolute Gasteiger partial charge is 0.408 e. The van der Waals surface area contributed by atoms with Crippen LogP contribution in [0.25, 0.3) is 0 Å². The molecule has 1 heterocycles. The van der Waals surface area contributed by atoms with Crippen LogP contribution >= 0.6 is 0 Å². The molecule has 1 fully saturated rings. The van der Waals surface area contributed by atoms with Crippen LogP contribution in [0.3, 0.4) is 0 Å². The number of carbonyl (C=O) groups excluding carboxylic acids is 2. The molecule has 1 rings (SSSR count). The monoisotopic (exact) mass is 296 g/mol. The van der Waals surface area contributed by atoms with E-state index >= 15 is 0 Å². The highest BCUT2D eigenvalue weighted by Gasteiger charge is 2.48. The summed E-state index contributed by atoms with van der Waals surface area (Å²) in [5.41, 5.74) is 0. The lowest BCUT2D eigenvalue weighted by Gasteiger charge is -2.40. The molecule has 1 saturated heterocycles. The molecule has 0 aliphatic carbocycles. The molecular formula is C12H19F3N2O3. The number of amides is 2. The van der Waals surface area contributed by atoms with Crippen molar-refractivity contribution in [2.75, 3.05) is 19.8 Å². The van der Waals surface area contributed by atoms with Crippen LogP contribution in [0.4, 0.5) is 13.2 Å². The van der Waals surface area contributed by atoms with Crippen LogP contribution in [0.2, 0.25) is 0 Å². The lowest BCUT2D eigenvalue weighted by atomic mass is 9.97. The quantitative estimate of drug-likeness (QED) is 0.844. The second-order valence-corrected chi connectivity index (χ2v) is 4.72. The molecule has 2 atom stereocenters. The fraction of sp³-hybridized carbons (Fsp3) is 0.833. The third-order valence-electron chi connectivity index (χ3n) is 3.12. The number of rotatable bonds is 4. The molecule has 1 aliphatic heterocycles. The molecular weight excluding hydrogens is 277 g/mol. The summed E-state index contributed by atoms with van der Waals surface area (Å²) in [6.45, 7) is 2.68. The van der Waals surface area contributed by atoms with E-state index in [9.17, 15) is 22.8 Å². The van der Waals surface area contributed by atoms with Crippen LogP contribution in [0.5, 0.6) is 0 Å². The Bertz CT molecular complexity index is 360. The Kier molecular flexibility index (Phi) is 5.79. The van der Waals surface area contributed by atoms with Gasteiger partial charge in [-0.15, -0.1) is 0 Å². The summed E-state index contributed by atoms with van der Waals surface area (Å²) in [6, 6.07) is -2.25. The summed E-state index contributed by atoms with van der Waals surface area (Å²) in [5.74, 6) is -1.03. The number of hydrogen-bond donors (Lipinski definition) is 1. The number of ether oxygens (including phenoxy) is 1. The van der Waals surface area contributed by atoms with Gasteiger partial charge in [0.25, 0.3) is 0 Å². The first-order valence-corrected chi connectivity index (χ1v) is 6.46. The highest BCUT2D eigenvalue weighted by Crippen LogP contribution is 2.32. The second kappa shape index (κ2) is 6.92. The van der Waals surface area contributed by atoms with Crippen LogP contribution in [0, 0.1) is 0 Å². The molecule has 1 N–H and O–H groups in total. The molecule has 116 valence electrons. The van der Waals surface area contributed by atoms with Gasteiger partial charge in [0.2, 0.25) is 11.8 Å². The number of alkyl halides is 3. The van der Waals surface area contributed by atoms with Crippen LogP contribution < -0.4 is 5.32 Å². The first-order valence-electron chi connectivity index (χ1n) is 6.46.